The predicted octanol–water partition coefficient (Wildman–Crippen LogP) is 2.43. The Morgan fingerprint density at radius 3 is 3.00 bits per heavy atom. The van der Waals surface area contributed by atoms with Crippen molar-refractivity contribution in [1.29, 1.82) is 0 Å². The van der Waals surface area contributed by atoms with Gasteiger partial charge in [0.25, 0.3) is 5.91 Å². The minimum absolute atomic E-state index is 0.0260. The van der Waals surface area contributed by atoms with Gasteiger partial charge in [0.05, 0.1) is 18.9 Å². The zero-order valence-corrected chi connectivity index (χ0v) is 11.2. The Hall–Kier alpha value is -2.01. The van der Waals surface area contributed by atoms with Crippen LogP contribution in [0.5, 0.6) is 0 Å². The van der Waals surface area contributed by atoms with E-state index < -0.39 is 0 Å². The number of carbonyl (C=O) groups is 1. The summed E-state index contributed by atoms with van der Waals surface area (Å²) in [6, 6.07) is 7.32. The monoisotopic (exact) mass is 274 g/mol. The number of rotatable bonds is 5. The predicted molar refractivity (Wildman–Crippen MR) is 73.2 cm³/mol. The molecule has 0 unspecified atom stereocenters. The number of ether oxygens (including phenoxy) is 1. The van der Waals surface area contributed by atoms with Crippen LogP contribution in [0.25, 0.3) is 0 Å². The zero-order valence-electron chi connectivity index (χ0n) is 11.2. The Balaban J connectivity index is 1.73. The second-order valence-corrected chi connectivity index (χ2v) is 4.98. The second-order valence-electron chi connectivity index (χ2n) is 4.98. The Bertz CT molecular complexity index is 527. The van der Waals surface area contributed by atoms with Gasteiger partial charge < -0.3 is 19.0 Å². The van der Waals surface area contributed by atoms with E-state index in [4.69, 9.17) is 9.15 Å². The summed E-state index contributed by atoms with van der Waals surface area (Å²) in [5, 5.41) is 0. The molecule has 3 heterocycles. The number of furan rings is 1. The van der Waals surface area contributed by atoms with Crippen LogP contribution in [0.4, 0.5) is 0 Å². The van der Waals surface area contributed by atoms with E-state index in [1.807, 2.05) is 18.2 Å². The number of nitrogens with zero attached hydrogens (tertiary/aromatic N) is 1. The van der Waals surface area contributed by atoms with E-state index in [0.717, 1.165) is 25.2 Å². The van der Waals surface area contributed by atoms with Gasteiger partial charge in [-0.3, -0.25) is 4.79 Å². The van der Waals surface area contributed by atoms with Crippen molar-refractivity contribution in [1.82, 2.24) is 9.88 Å². The standard InChI is InChI=1S/C15H18N2O3/c18-15(14-6-1-7-16-14)17(10-12-4-2-8-19-12)11-13-5-3-9-20-13/h1-2,4,6-8,13,16H,3,5,9-11H2/t13-/m0/s1. The summed E-state index contributed by atoms with van der Waals surface area (Å²) in [4.78, 5) is 17.3. The molecule has 1 aliphatic rings. The summed E-state index contributed by atoms with van der Waals surface area (Å²) in [7, 11) is 0. The first kappa shape index (κ1) is 13.0. The fourth-order valence-electron chi connectivity index (χ4n) is 2.48. The molecule has 106 valence electrons. The molecule has 1 N–H and O–H groups in total. The van der Waals surface area contributed by atoms with Gasteiger partial charge in [0.2, 0.25) is 0 Å². The molecule has 5 heteroatoms. The largest absolute Gasteiger partial charge is 0.467 e. The van der Waals surface area contributed by atoms with Crippen LogP contribution >= 0.6 is 0 Å². The van der Waals surface area contributed by atoms with Gasteiger partial charge in [-0.1, -0.05) is 0 Å². The van der Waals surface area contributed by atoms with Crippen molar-refractivity contribution in [2.45, 2.75) is 25.5 Å². The summed E-state index contributed by atoms with van der Waals surface area (Å²) in [5.41, 5.74) is 0.592. The third kappa shape index (κ3) is 2.93. The Labute approximate surface area is 117 Å². The SMILES string of the molecule is O=C(c1ccc[nH]1)N(Cc1ccco1)C[C@@H]1CCCO1. The van der Waals surface area contributed by atoms with Gasteiger partial charge in [-0.25, -0.2) is 0 Å². The maximum absolute atomic E-state index is 12.5. The van der Waals surface area contributed by atoms with Gasteiger partial charge in [-0.2, -0.15) is 0 Å². The molecule has 0 aromatic carbocycles. The lowest BCUT2D eigenvalue weighted by atomic mass is 10.2. The van der Waals surface area contributed by atoms with Crippen molar-refractivity contribution in [3.05, 3.63) is 48.2 Å². The van der Waals surface area contributed by atoms with E-state index in [1.165, 1.54) is 0 Å². The lowest BCUT2D eigenvalue weighted by molar-refractivity contribution is 0.0487. The Kier molecular flexibility index (Phi) is 3.87. The molecule has 0 bridgehead atoms. The molecule has 1 atom stereocenters. The highest BCUT2D eigenvalue weighted by Gasteiger charge is 2.24. The summed E-state index contributed by atoms with van der Waals surface area (Å²) in [5.74, 6) is 0.754. The highest BCUT2D eigenvalue weighted by Crippen LogP contribution is 2.17. The summed E-state index contributed by atoms with van der Waals surface area (Å²) >= 11 is 0. The van der Waals surface area contributed by atoms with Gasteiger partial charge in [0, 0.05) is 19.3 Å². The molecule has 2 aromatic rings. The van der Waals surface area contributed by atoms with Crippen LogP contribution in [0.15, 0.2) is 41.1 Å². The van der Waals surface area contributed by atoms with Crippen LogP contribution in [0.2, 0.25) is 0 Å². The van der Waals surface area contributed by atoms with Crippen molar-refractivity contribution in [3.63, 3.8) is 0 Å². The number of amides is 1. The van der Waals surface area contributed by atoms with Gasteiger partial charge in [0.15, 0.2) is 0 Å². The van der Waals surface area contributed by atoms with Gasteiger partial charge >= 0.3 is 0 Å². The highest BCUT2D eigenvalue weighted by atomic mass is 16.5. The number of aromatic nitrogens is 1. The van der Waals surface area contributed by atoms with Crippen molar-refractivity contribution in [2.24, 2.45) is 0 Å². The summed E-state index contributed by atoms with van der Waals surface area (Å²) in [6.45, 7) is 1.85. The van der Waals surface area contributed by atoms with Gasteiger partial charge in [-0.05, 0) is 37.1 Å². The van der Waals surface area contributed by atoms with Crippen molar-refractivity contribution < 1.29 is 13.9 Å². The molecule has 1 fully saturated rings. The number of hydrogen-bond acceptors (Lipinski definition) is 3. The van der Waals surface area contributed by atoms with Crippen molar-refractivity contribution in [2.75, 3.05) is 13.2 Å². The quantitative estimate of drug-likeness (QED) is 0.911. The third-order valence-electron chi connectivity index (χ3n) is 3.49. The van der Waals surface area contributed by atoms with Crippen molar-refractivity contribution >= 4 is 5.91 Å². The number of hydrogen-bond donors (Lipinski definition) is 1. The first-order valence-corrected chi connectivity index (χ1v) is 6.89. The second kappa shape index (κ2) is 5.96. The van der Waals surface area contributed by atoms with Gasteiger partial charge in [-0.15, -0.1) is 0 Å². The normalized spacial score (nSPS) is 18.3. The molecule has 3 rings (SSSR count). The minimum Gasteiger partial charge on any atom is -0.467 e. The third-order valence-corrected chi connectivity index (χ3v) is 3.49. The van der Waals surface area contributed by atoms with E-state index in [0.29, 0.717) is 18.8 Å². The van der Waals surface area contributed by atoms with Crippen LogP contribution < -0.4 is 0 Å². The highest BCUT2D eigenvalue weighted by molar-refractivity contribution is 5.92. The molecule has 0 aliphatic carbocycles. The van der Waals surface area contributed by atoms with Gasteiger partial charge in [0.1, 0.15) is 11.5 Å². The summed E-state index contributed by atoms with van der Waals surface area (Å²) < 4.78 is 11.0. The van der Waals surface area contributed by atoms with Crippen LogP contribution in [0.1, 0.15) is 29.1 Å². The molecule has 1 amide bonds. The number of H-pyrrole nitrogens is 1. The van der Waals surface area contributed by atoms with Crippen LogP contribution in [-0.2, 0) is 11.3 Å². The summed E-state index contributed by atoms with van der Waals surface area (Å²) in [6.07, 6.45) is 5.58. The smallest absolute Gasteiger partial charge is 0.270 e. The van der Waals surface area contributed by atoms with E-state index in [1.54, 1.807) is 23.4 Å². The number of aromatic amines is 1. The van der Waals surface area contributed by atoms with E-state index in [-0.39, 0.29) is 12.0 Å². The molecule has 2 aromatic heterocycles. The molecule has 5 nitrogen and oxygen atoms in total. The van der Waals surface area contributed by atoms with Crippen LogP contribution in [-0.4, -0.2) is 35.0 Å². The van der Waals surface area contributed by atoms with Crippen LogP contribution in [0, 0.1) is 0 Å². The zero-order chi connectivity index (χ0) is 13.8. The fraction of sp³-hybridized carbons (Fsp3) is 0.400. The molecule has 20 heavy (non-hydrogen) atoms. The lowest BCUT2D eigenvalue weighted by Gasteiger charge is -2.24. The van der Waals surface area contributed by atoms with E-state index >= 15 is 0 Å². The average Bonchev–Trinajstić information content (AvgIpc) is 3.20. The minimum atomic E-state index is -0.0260. The Morgan fingerprint density at radius 2 is 2.35 bits per heavy atom. The molecule has 1 aliphatic heterocycles. The number of nitrogens with one attached hydrogen (secondary N) is 1. The first-order valence-electron chi connectivity index (χ1n) is 6.89. The molecular weight excluding hydrogens is 256 g/mol. The lowest BCUT2D eigenvalue weighted by Crippen LogP contribution is -2.37. The Morgan fingerprint density at radius 1 is 1.40 bits per heavy atom. The van der Waals surface area contributed by atoms with E-state index in [9.17, 15) is 4.79 Å². The molecule has 0 saturated carbocycles. The molecular formula is C15H18N2O3. The molecule has 0 spiro atoms. The maximum Gasteiger partial charge on any atom is 0.270 e. The van der Waals surface area contributed by atoms with Crippen molar-refractivity contribution in [3.8, 4) is 0 Å². The van der Waals surface area contributed by atoms with E-state index in [2.05, 4.69) is 4.98 Å². The molecule has 1 saturated heterocycles. The topological polar surface area (TPSA) is 58.5 Å². The van der Waals surface area contributed by atoms with Crippen LogP contribution in [0.3, 0.4) is 0 Å². The average molecular weight is 274 g/mol. The maximum atomic E-state index is 12.5. The first-order chi connectivity index (χ1) is 9.83. The molecule has 0 radical (unpaired) electrons. The number of carbonyl (C=O) groups excluding carboxylic acids is 1. The fourth-order valence-corrected chi connectivity index (χ4v) is 2.48.